The van der Waals surface area contributed by atoms with E-state index in [4.69, 9.17) is 33.2 Å². The Bertz CT molecular complexity index is 1510. The number of aromatic nitrogens is 5. The molecule has 0 aliphatic rings. The van der Waals surface area contributed by atoms with Crippen molar-refractivity contribution in [1.82, 2.24) is 24.1 Å². The molecule has 0 N–H and O–H groups in total. The first-order chi connectivity index (χ1) is 14.5. The maximum atomic E-state index is 13.5. The summed E-state index contributed by atoms with van der Waals surface area (Å²) in [6.07, 6.45) is 2.38. The van der Waals surface area contributed by atoms with Crippen molar-refractivity contribution in [2.75, 3.05) is 0 Å². The third kappa shape index (κ3) is 2.79. The average molecular weight is 438 g/mol. The molecule has 1 atom stereocenters. The molecule has 5 rings (SSSR count). The van der Waals surface area contributed by atoms with E-state index in [1.165, 1.54) is 0 Å². The van der Waals surface area contributed by atoms with Crippen LogP contribution in [0.1, 0.15) is 26.3 Å². The molecule has 5 aromatic rings. The van der Waals surface area contributed by atoms with Crippen LogP contribution in [0.25, 0.3) is 38.9 Å². The third-order valence-corrected chi connectivity index (χ3v) is 5.96. The minimum Gasteiger partial charge on any atom is -0.296 e. The summed E-state index contributed by atoms with van der Waals surface area (Å²) in [5.41, 5.74) is 3.33. The molecule has 0 saturated heterocycles. The van der Waals surface area contributed by atoms with Gasteiger partial charge in [-0.25, -0.2) is 15.0 Å². The van der Waals surface area contributed by atoms with E-state index in [9.17, 15) is 4.79 Å². The van der Waals surface area contributed by atoms with Gasteiger partial charge in [-0.05, 0) is 43.7 Å². The van der Waals surface area contributed by atoms with E-state index in [0.29, 0.717) is 43.4 Å². The lowest BCUT2D eigenvalue weighted by Gasteiger charge is -2.12. The summed E-state index contributed by atoms with van der Waals surface area (Å²) in [6.45, 7) is 4.02. The SMILES string of the molecule is CC[C@H](C)n1cnc2c(c1=O)c1nc3ccccc3nc1n2-c1cc(Cl)ccc1Cl. The zero-order chi connectivity index (χ0) is 21.0. The molecule has 0 bridgehead atoms. The largest absolute Gasteiger partial charge is 0.296 e. The van der Waals surface area contributed by atoms with Crippen LogP contribution in [0.4, 0.5) is 0 Å². The highest BCUT2D eigenvalue weighted by atomic mass is 35.5. The Balaban J connectivity index is 2.02. The van der Waals surface area contributed by atoms with E-state index >= 15 is 0 Å². The highest BCUT2D eigenvalue weighted by Crippen LogP contribution is 2.33. The molecule has 8 heteroatoms. The molecule has 0 radical (unpaired) electrons. The standard InChI is InChI=1S/C22H17Cl2N5O/c1-3-12(2)28-11-25-20-18(22(28)30)19-21(27-16-7-5-4-6-15(16)26-19)29(20)17-10-13(23)8-9-14(17)24/h4-12H,3H2,1-2H3/t12-/m0/s1. The van der Waals surface area contributed by atoms with Crippen LogP contribution in [0.5, 0.6) is 0 Å². The highest BCUT2D eigenvalue weighted by molar-refractivity contribution is 6.34. The van der Waals surface area contributed by atoms with Crippen LogP contribution in [0.3, 0.4) is 0 Å². The van der Waals surface area contributed by atoms with Crippen molar-refractivity contribution in [2.24, 2.45) is 0 Å². The van der Waals surface area contributed by atoms with Crippen molar-refractivity contribution in [1.29, 1.82) is 0 Å². The Morgan fingerprint density at radius 2 is 1.77 bits per heavy atom. The molecule has 0 fully saturated rings. The maximum Gasteiger partial charge on any atom is 0.265 e. The van der Waals surface area contributed by atoms with Crippen molar-refractivity contribution in [3.05, 3.63) is 69.2 Å². The fourth-order valence-electron chi connectivity index (χ4n) is 3.65. The Morgan fingerprint density at radius 1 is 1.03 bits per heavy atom. The van der Waals surface area contributed by atoms with E-state index < -0.39 is 0 Å². The molecule has 2 aromatic carbocycles. The number of hydrogen-bond donors (Lipinski definition) is 0. The summed E-state index contributed by atoms with van der Waals surface area (Å²) in [5, 5.41) is 1.41. The van der Waals surface area contributed by atoms with Crippen molar-refractivity contribution in [3.63, 3.8) is 0 Å². The molecule has 150 valence electrons. The third-order valence-electron chi connectivity index (χ3n) is 5.40. The normalized spacial score (nSPS) is 12.8. The first kappa shape index (κ1) is 19.0. The highest BCUT2D eigenvalue weighted by Gasteiger charge is 2.23. The molecule has 6 nitrogen and oxygen atoms in total. The van der Waals surface area contributed by atoms with Crippen molar-refractivity contribution >= 4 is 56.4 Å². The topological polar surface area (TPSA) is 65.6 Å². The summed E-state index contributed by atoms with van der Waals surface area (Å²) in [5.74, 6) is 0. The number of benzene rings is 2. The summed E-state index contributed by atoms with van der Waals surface area (Å²) < 4.78 is 3.41. The Morgan fingerprint density at radius 3 is 2.50 bits per heavy atom. The zero-order valence-electron chi connectivity index (χ0n) is 16.3. The minimum absolute atomic E-state index is 0.0102. The number of para-hydroxylation sites is 2. The molecule has 0 aliphatic carbocycles. The van der Waals surface area contributed by atoms with Crippen molar-refractivity contribution < 1.29 is 0 Å². The van der Waals surface area contributed by atoms with Gasteiger partial charge in [0.1, 0.15) is 17.2 Å². The quantitative estimate of drug-likeness (QED) is 0.370. The maximum absolute atomic E-state index is 13.5. The van der Waals surface area contributed by atoms with Crippen LogP contribution in [-0.4, -0.2) is 24.1 Å². The van der Waals surface area contributed by atoms with Crippen molar-refractivity contribution in [3.8, 4) is 5.69 Å². The molecule has 3 aromatic heterocycles. The van der Waals surface area contributed by atoms with Gasteiger partial charge in [0.15, 0.2) is 11.3 Å². The summed E-state index contributed by atoms with van der Waals surface area (Å²) in [7, 11) is 0. The molecule has 0 saturated carbocycles. The number of fused-ring (bicyclic) bond motifs is 4. The van der Waals surface area contributed by atoms with Crippen LogP contribution in [0, 0.1) is 0 Å². The van der Waals surface area contributed by atoms with Gasteiger partial charge in [0, 0.05) is 11.1 Å². The minimum atomic E-state index is -0.152. The molecular formula is C22H17Cl2N5O. The molecule has 0 aliphatic heterocycles. The second-order valence-electron chi connectivity index (χ2n) is 7.23. The van der Waals surface area contributed by atoms with Gasteiger partial charge < -0.3 is 0 Å². The predicted molar refractivity (Wildman–Crippen MR) is 121 cm³/mol. The first-order valence-electron chi connectivity index (χ1n) is 9.63. The zero-order valence-corrected chi connectivity index (χ0v) is 17.8. The van der Waals surface area contributed by atoms with Gasteiger partial charge in [-0.15, -0.1) is 0 Å². The van der Waals surface area contributed by atoms with Crippen LogP contribution in [-0.2, 0) is 0 Å². The molecule has 3 heterocycles. The smallest absolute Gasteiger partial charge is 0.265 e. The Hall–Kier alpha value is -2.96. The van der Waals surface area contributed by atoms with Gasteiger partial charge in [-0.2, -0.15) is 0 Å². The number of hydrogen-bond acceptors (Lipinski definition) is 4. The summed E-state index contributed by atoms with van der Waals surface area (Å²) >= 11 is 12.8. The number of nitrogens with zero attached hydrogens (tertiary/aromatic N) is 5. The monoisotopic (exact) mass is 437 g/mol. The van der Waals surface area contributed by atoms with Crippen LogP contribution in [0.15, 0.2) is 53.6 Å². The van der Waals surface area contributed by atoms with E-state index in [-0.39, 0.29) is 11.6 Å². The van der Waals surface area contributed by atoms with Crippen LogP contribution < -0.4 is 5.56 Å². The number of rotatable bonds is 3. The van der Waals surface area contributed by atoms with Crippen LogP contribution in [0.2, 0.25) is 10.0 Å². The summed E-state index contributed by atoms with van der Waals surface area (Å²) in [6, 6.07) is 12.7. The lowest BCUT2D eigenvalue weighted by molar-refractivity contribution is 0.510. The second kappa shape index (κ2) is 7.07. The molecule has 0 amide bonds. The van der Waals surface area contributed by atoms with Gasteiger partial charge in [-0.3, -0.25) is 13.9 Å². The molecule has 0 unspecified atom stereocenters. The van der Waals surface area contributed by atoms with E-state index in [2.05, 4.69) is 4.98 Å². The first-order valence-corrected chi connectivity index (χ1v) is 10.4. The lowest BCUT2D eigenvalue weighted by Crippen LogP contribution is -2.23. The van der Waals surface area contributed by atoms with Gasteiger partial charge >= 0.3 is 0 Å². The average Bonchev–Trinajstić information content (AvgIpc) is 3.07. The Kier molecular flexibility index (Phi) is 4.49. The fraction of sp³-hybridized carbons (Fsp3) is 0.182. The molecule has 30 heavy (non-hydrogen) atoms. The van der Waals surface area contributed by atoms with Gasteiger partial charge in [0.25, 0.3) is 5.56 Å². The van der Waals surface area contributed by atoms with E-state index in [1.807, 2.05) is 38.1 Å². The van der Waals surface area contributed by atoms with Crippen LogP contribution >= 0.6 is 23.2 Å². The molecule has 0 spiro atoms. The number of halogens is 2. The predicted octanol–water partition coefficient (Wildman–Crippen LogP) is 5.56. The van der Waals surface area contributed by atoms with Gasteiger partial charge in [0.05, 0.1) is 21.7 Å². The van der Waals surface area contributed by atoms with E-state index in [1.54, 1.807) is 33.7 Å². The van der Waals surface area contributed by atoms with Crippen molar-refractivity contribution in [2.45, 2.75) is 26.3 Å². The summed E-state index contributed by atoms with van der Waals surface area (Å²) in [4.78, 5) is 27.7. The second-order valence-corrected chi connectivity index (χ2v) is 8.07. The Labute approximate surface area is 181 Å². The van der Waals surface area contributed by atoms with E-state index in [0.717, 1.165) is 11.9 Å². The lowest BCUT2D eigenvalue weighted by atomic mass is 10.2. The fourth-order valence-corrected chi connectivity index (χ4v) is 4.01. The van der Waals surface area contributed by atoms with Gasteiger partial charge in [0.2, 0.25) is 0 Å². The molecular weight excluding hydrogens is 421 g/mol. The van der Waals surface area contributed by atoms with Gasteiger partial charge in [-0.1, -0.05) is 42.3 Å².